The topological polar surface area (TPSA) is 49.9 Å². The summed E-state index contributed by atoms with van der Waals surface area (Å²) in [6.07, 6.45) is 3.24. The second-order valence-electron chi connectivity index (χ2n) is 5.82. The summed E-state index contributed by atoms with van der Waals surface area (Å²) < 4.78 is 5.25. The molecule has 0 spiro atoms. The molecule has 110 valence electrons. The van der Waals surface area contributed by atoms with Gasteiger partial charge in [0, 0.05) is 19.7 Å². The number of nitrogens with zero attached hydrogens (tertiary/aromatic N) is 2. The van der Waals surface area contributed by atoms with E-state index in [2.05, 4.69) is 0 Å². The van der Waals surface area contributed by atoms with Crippen molar-refractivity contribution in [3.63, 3.8) is 0 Å². The van der Waals surface area contributed by atoms with E-state index in [1.807, 2.05) is 19.0 Å². The number of hydrogen-bond acceptors (Lipinski definition) is 4. The molecule has 1 amide bonds. The Kier molecular flexibility index (Phi) is 6.76. The van der Waals surface area contributed by atoms with Crippen molar-refractivity contribution < 1.29 is 14.3 Å². The molecule has 0 rings (SSSR count). The average molecular weight is 270 g/mol. The largest absolute Gasteiger partial charge is 0.458 e. The van der Waals surface area contributed by atoms with Gasteiger partial charge in [0.25, 0.3) is 0 Å². The van der Waals surface area contributed by atoms with Gasteiger partial charge in [0.05, 0.1) is 0 Å². The van der Waals surface area contributed by atoms with Gasteiger partial charge in [0.1, 0.15) is 11.6 Å². The van der Waals surface area contributed by atoms with Gasteiger partial charge in [-0.1, -0.05) is 6.08 Å². The van der Waals surface area contributed by atoms with Gasteiger partial charge in [-0.05, 0) is 41.8 Å². The number of likely N-dealkylation sites (N-methyl/N-ethyl adjacent to an activating group) is 2. The van der Waals surface area contributed by atoms with Crippen molar-refractivity contribution in [2.45, 2.75) is 39.3 Å². The lowest BCUT2D eigenvalue weighted by Crippen LogP contribution is -2.42. The molecule has 0 saturated heterocycles. The molecule has 0 aromatic rings. The van der Waals surface area contributed by atoms with Crippen molar-refractivity contribution in [1.82, 2.24) is 9.80 Å². The van der Waals surface area contributed by atoms with E-state index < -0.39 is 17.6 Å². The minimum Gasteiger partial charge on any atom is -0.458 e. The molecule has 0 aliphatic carbocycles. The summed E-state index contributed by atoms with van der Waals surface area (Å²) in [6, 6.07) is -0.601. The quantitative estimate of drug-likeness (QED) is 0.558. The lowest BCUT2D eigenvalue weighted by Gasteiger charge is -2.27. The third-order valence-electron chi connectivity index (χ3n) is 2.41. The Morgan fingerprint density at radius 1 is 1.21 bits per heavy atom. The van der Waals surface area contributed by atoms with Crippen molar-refractivity contribution in [1.29, 1.82) is 0 Å². The highest BCUT2D eigenvalue weighted by Crippen LogP contribution is 2.10. The molecular formula is C14H26N2O3. The van der Waals surface area contributed by atoms with E-state index in [0.29, 0.717) is 6.54 Å². The van der Waals surface area contributed by atoms with Gasteiger partial charge in [-0.25, -0.2) is 4.79 Å². The zero-order valence-corrected chi connectivity index (χ0v) is 13.1. The van der Waals surface area contributed by atoms with Gasteiger partial charge in [-0.2, -0.15) is 0 Å². The molecule has 0 aromatic heterocycles. The summed E-state index contributed by atoms with van der Waals surface area (Å²) in [7, 11) is 5.43. The molecule has 0 bridgehead atoms. The summed E-state index contributed by atoms with van der Waals surface area (Å²) in [5.74, 6) is -0.607. The van der Waals surface area contributed by atoms with Crippen LogP contribution in [0.25, 0.3) is 0 Å². The Morgan fingerprint density at radius 3 is 2.16 bits per heavy atom. The highest BCUT2D eigenvalue weighted by atomic mass is 16.6. The van der Waals surface area contributed by atoms with Crippen LogP contribution in [0.4, 0.5) is 0 Å². The molecule has 0 heterocycles. The lowest BCUT2D eigenvalue weighted by atomic mass is 10.2. The average Bonchev–Trinajstić information content (AvgIpc) is 2.23. The maximum absolute atomic E-state index is 11.8. The molecule has 0 aromatic carbocycles. The molecule has 5 nitrogen and oxygen atoms in total. The van der Waals surface area contributed by atoms with E-state index in [-0.39, 0.29) is 5.91 Å². The first kappa shape index (κ1) is 17.6. The number of carbonyl (C=O) groups excluding carboxylic acids is 2. The van der Waals surface area contributed by atoms with Crippen molar-refractivity contribution in [3.05, 3.63) is 12.2 Å². The van der Waals surface area contributed by atoms with Crippen molar-refractivity contribution in [2.75, 3.05) is 27.7 Å². The van der Waals surface area contributed by atoms with E-state index in [0.717, 1.165) is 0 Å². The molecule has 0 saturated carbocycles. The van der Waals surface area contributed by atoms with Crippen LogP contribution in [0.15, 0.2) is 12.2 Å². The van der Waals surface area contributed by atoms with Crippen molar-refractivity contribution >= 4 is 11.9 Å². The highest BCUT2D eigenvalue weighted by molar-refractivity contribution is 5.91. The van der Waals surface area contributed by atoms with Crippen LogP contribution in [-0.4, -0.2) is 61.0 Å². The van der Waals surface area contributed by atoms with Gasteiger partial charge in [0.2, 0.25) is 5.91 Å². The number of ether oxygens (including phenoxy) is 1. The summed E-state index contributed by atoms with van der Waals surface area (Å²) in [4.78, 5) is 27.0. The van der Waals surface area contributed by atoms with Gasteiger partial charge in [0.15, 0.2) is 0 Å². The number of hydrogen-bond donors (Lipinski definition) is 0. The fourth-order valence-corrected chi connectivity index (χ4v) is 1.22. The molecule has 1 atom stereocenters. The SMILES string of the molecule is C[C@@H](C(=O)OC(C)(C)C)N(C)C(=O)C=CCN(C)C. The maximum atomic E-state index is 11.8. The monoisotopic (exact) mass is 270 g/mol. The number of amides is 1. The third-order valence-corrected chi connectivity index (χ3v) is 2.41. The molecule has 0 aliphatic heterocycles. The van der Waals surface area contributed by atoms with Gasteiger partial charge in [-0.15, -0.1) is 0 Å². The first-order valence-corrected chi connectivity index (χ1v) is 6.35. The van der Waals surface area contributed by atoms with E-state index >= 15 is 0 Å². The van der Waals surface area contributed by atoms with E-state index in [4.69, 9.17) is 4.74 Å². The van der Waals surface area contributed by atoms with E-state index in [9.17, 15) is 9.59 Å². The van der Waals surface area contributed by atoms with Crippen LogP contribution in [0.2, 0.25) is 0 Å². The predicted molar refractivity (Wildman–Crippen MR) is 75.8 cm³/mol. The summed E-state index contributed by atoms with van der Waals surface area (Å²) >= 11 is 0. The fraction of sp³-hybridized carbons (Fsp3) is 0.714. The number of carbonyl (C=O) groups is 2. The van der Waals surface area contributed by atoms with Crippen molar-refractivity contribution in [2.24, 2.45) is 0 Å². The van der Waals surface area contributed by atoms with Crippen LogP contribution in [0.5, 0.6) is 0 Å². The fourth-order valence-electron chi connectivity index (χ4n) is 1.22. The normalized spacial score (nSPS) is 13.7. The minimum absolute atomic E-state index is 0.208. The van der Waals surface area contributed by atoms with Crippen LogP contribution in [0, 0.1) is 0 Å². The Morgan fingerprint density at radius 2 is 1.74 bits per heavy atom. The zero-order chi connectivity index (χ0) is 15.2. The lowest BCUT2D eigenvalue weighted by molar-refractivity contribution is -0.162. The summed E-state index contributed by atoms with van der Waals surface area (Å²) in [6.45, 7) is 7.75. The maximum Gasteiger partial charge on any atom is 0.329 e. The predicted octanol–water partition coefficient (Wildman–Crippen LogP) is 1.29. The molecular weight excluding hydrogens is 244 g/mol. The molecule has 0 aliphatic rings. The van der Waals surface area contributed by atoms with Crippen molar-refractivity contribution in [3.8, 4) is 0 Å². The Balaban J connectivity index is 4.47. The first-order valence-electron chi connectivity index (χ1n) is 6.35. The molecule has 19 heavy (non-hydrogen) atoms. The van der Waals surface area contributed by atoms with Gasteiger partial charge in [-0.3, -0.25) is 4.79 Å². The third kappa shape index (κ3) is 7.62. The van der Waals surface area contributed by atoms with Crippen LogP contribution in [-0.2, 0) is 14.3 Å². The highest BCUT2D eigenvalue weighted by Gasteiger charge is 2.26. The molecule has 5 heteroatoms. The standard InChI is InChI=1S/C14H26N2O3/c1-11(13(18)19-14(2,3)4)16(7)12(17)9-8-10-15(5)6/h8-9,11H,10H2,1-7H3/t11-/m0/s1. The van der Waals surface area contributed by atoms with Gasteiger partial charge < -0.3 is 14.5 Å². The molecule has 0 fully saturated rings. The number of esters is 1. The van der Waals surface area contributed by atoms with Crippen LogP contribution < -0.4 is 0 Å². The Labute approximate surface area is 116 Å². The molecule has 0 radical (unpaired) electrons. The first-order chi connectivity index (χ1) is 8.54. The Hall–Kier alpha value is -1.36. The van der Waals surface area contributed by atoms with Crippen LogP contribution in [0.3, 0.4) is 0 Å². The minimum atomic E-state index is -0.601. The summed E-state index contributed by atoms with van der Waals surface area (Å²) in [5, 5.41) is 0. The van der Waals surface area contributed by atoms with E-state index in [1.54, 1.807) is 40.8 Å². The smallest absolute Gasteiger partial charge is 0.329 e. The van der Waals surface area contributed by atoms with Crippen LogP contribution >= 0.6 is 0 Å². The van der Waals surface area contributed by atoms with Gasteiger partial charge >= 0.3 is 5.97 Å². The summed E-state index contributed by atoms with van der Waals surface area (Å²) in [5.41, 5.74) is -0.546. The second kappa shape index (κ2) is 7.28. The zero-order valence-electron chi connectivity index (χ0n) is 13.1. The second-order valence-corrected chi connectivity index (χ2v) is 5.82. The Bertz CT molecular complexity index is 343. The number of rotatable bonds is 5. The van der Waals surface area contributed by atoms with Crippen LogP contribution in [0.1, 0.15) is 27.7 Å². The van der Waals surface area contributed by atoms with E-state index in [1.165, 1.54) is 11.0 Å². The molecule has 0 N–H and O–H groups in total. The molecule has 0 unspecified atom stereocenters.